The van der Waals surface area contributed by atoms with E-state index in [-0.39, 0.29) is 5.91 Å². The molecule has 94 valence electrons. The molecule has 0 bridgehead atoms. The summed E-state index contributed by atoms with van der Waals surface area (Å²) in [5, 5.41) is 3.38. The molecule has 0 aliphatic carbocycles. The second-order valence-electron chi connectivity index (χ2n) is 4.87. The molecule has 0 atom stereocenters. The van der Waals surface area contributed by atoms with Crippen molar-refractivity contribution in [1.29, 1.82) is 0 Å². The summed E-state index contributed by atoms with van der Waals surface area (Å²) in [5.74, 6) is 0.180. The average Bonchev–Trinajstić information content (AvgIpc) is 2.47. The quantitative estimate of drug-likeness (QED) is 0.767. The van der Waals surface area contributed by atoms with Crippen LogP contribution in [0.1, 0.15) is 28.8 Å². The van der Waals surface area contributed by atoms with Gasteiger partial charge in [-0.3, -0.25) is 4.79 Å². The van der Waals surface area contributed by atoms with Crippen LogP contribution in [-0.4, -0.2) is 30.4 Å². The van der Waals surface area contributed by atoms with Crippen molar-refractivity contribution >= 4 is 11.6 Å². The minimum atomic E-state index is 0.180. The van der Waals surface area contributed by atoms with Crippen molar-refractivity contribution in [2.45, 2.75) is 19.3 Å². The standard InChI is InChI=1S/C15H18N2O/c18-15(17-10-2-1-3-11-17)13-6-4-8-14-12(13)7-5-9-16-14/h1-2,4,6,8,16H,3,5,7,9-11H2. The summed E-state index contributed by atoms with van der Waals surface area (Å²) in [5.41, 5.74) is 3.22. The number of carbonyl (C=O) groups excluding carboxylic acids is 1. The van der Waals surface area contributed by atoms with Gasteiger partial charge >= 0.3 is 0 Å². The third kappa shape index (κ3) is 2.01. The van der Waals surface area contributed by atoms with Gasteiger partial charge in [-0.05, 0) is 37.0 Å². The van der Waals surface area contributed by atoms with E-state index in [1.807, 2.05) is 17.0 Å². The van der Waals surface area contributed by atoms with Crippen molar-refractivity contribution in [3.63, 3.8) is 0 Å². The maximum absolute atomic E-state index is 12.5. The number of carbonyl (C=O) groups is 1. The maximum Gasteiger partial charge on any atom is 0.254 e. The fourth-order valence-corrected chi connectivity index (χ4v) is 2.71. The largest absolute Gasteiger partial charge is 0.385 e. The first kappa shape index (κ1) is 11.3. The van der Waals surface area contributed by atoms with Crippen molar-refractivity contribution in [3.8, 4) is 0 Å². The Balaban J connectivity index is 1.91. The van der Waals surface area contributed by atoms with Gasteiger partial charge in [0.15, 0.2) is 0 Å². The van der Waals surface area contributed by atoms with Crippen LogP contribution >= 0.6 is 0 Å². The van der Waals surface area contributed by atoms with Gasteiger partial charge in [0.05, 0.1) is 0 Å². The molecule has 1 aromatic rings. The van der Waals surface area contributed by atoms with Crippen LogP contribution in [0.3, 0.4) is 0 Å². The fraction of sp³-hybridized carbons (Fsp3) is 0.400. The van der Waals surface area contributed by atoms with E-state index < -0.39 is 0 Å². The number of nitrogens with zero attached hydrogens (tertiary/aromatic N) is 1. The summed E-state index contributed by atoms with van der Waals surface area (Å²) < 4.78 is 0. The number of hydrogen-bond donors (Lipinski definition) is 1. The lowest BCUT2D eigenvalue weighted by atomic mass is 9.96. The highest BCUT2D eigenvalue weighted by Crippen LogP contribution is 2.26. The number of nitrogens with one attached hydrogen (secondary N) is 1. The van der Waals surface area contributed by atoms with Gasteiger partial charge in [-0.1, -0.05) is 18.2 Å². The van der Waals surface area contributed by atoms with Gasteiger partial charge in [-0.25, -0.2) is 0 Å². The minimum absolute atomic E-state index is 0.180. The molecule has 0 saturated heterocycles. The smallest absolute Gasteiger partial charge is 0.254 e. The van der Waals surface area contributed by atoms with E-state index in [1.165, 1.54) is 5.56 Å². The van der Waals surface area contributed by atoms with Crippen molar-refractivity contribution in [2.24, 2.45) is 0 Å². The predicted octanol–water partition coefficient (Wildman–Crippen LogP) is 2.45. The number of anilines is 1. The normalized spacial score (nSPS) is 18.1. The molecule has 18 heavy (non-hydrogen) atoms. The Morgan fingerprint density at radius 1 is 1.28 bits per heavy atom. The Kier molecular flexibility index (Phi) is 3.05. The van der Waals surface area contributed by atoms with Crippen LogP contribution in [0.2, 0.25) is 0 Å². The number of hydrogen-bond acceptors (Lipinski definition) is 2. The molecule has 0 radical (unpaired) electrons. The zero-order valence-corrected chi connectivity index (χ0v) is 10.5. The van der Waals surface area contributed by atoms with Gasteiger partial charge < -0.3 is 10.2 Å². The second kappa shape index (κ2) is 4.84. The van der Waals surface area contributed by atoms with Crippen molar-refractivity contribution < 1.29 is 4.79 Å². The summed E-state index contributed by atoms with van der Waals surface area (Å²) in [7, 11) is 0. The van der Waals surface area contributed by atoms with E-state index in [9.17, 15) is 4.79 Å². The lowest BCUT2D eigenvalue weighted by Crippen LogP contribution is -2.34. The summed E-state index contributed by atoms with van der Waals surface area (Å²) >= 11 is 0. The van der Waals surface area contributed by atoms with E-state index in [2.05, 4.69) is 23.5 Å². The topological polar surface area (TPSA) is 32.3 Å². The predicted molar refractivity (Wildman–Crippen MR) is 72.9 cm³/mol. The lowest BCUT2D eigenvalue weighted by molar-refractivity contribution is 0.0770. The van der Waals surface area contributed by atoms with Crippen LogP contribution in [0.15, 0.2) is 30.4 Å². The molecule has 0 saturated carbocycles. The van der Waals surface area contributed by atoms with Crippen LogP contribution in [-0.2, 0) is 6.42 Å². The van der Waals surface area contributed by atoms with E-state index >= 15 is 0 Å². The lowest BCUT2D eigenvalue weighted by Gasteiger charge is -2.26. The molecular weight excluding hydrogens is 224 g/mol. The second-order valence-corrected chi connectivity index (χ2v) is 4.87. The molecule has 0 fully saturated rings. The van der Waals surface area contributed by atoms with E-state index in [0.29, 0.717) is 0 Å². The van der Waals surface area contributed by atoms with Gasteiger partial charge in [0.1, 0.15) is 0 Å². The molecule has 1 N–H and O–H groups in total. The SMILES string of the molecule is O=C(c1cccc2c1CCCN2)N1CC=CCC1. The molecular formula is C15H18N2O. The third-order valence-corrected chi connectivity index (χ3v) is 3.67. The van der Waals surface area contributed by atoms with Crippen molar-refractivity contribution in [3.05, 3.63) is 41.5 Å². The molecule has 3 heteroatoms. The van der Waals surface area contributed by atoms with E-state index in [4.69, 9.17) is 0 Å². The molecule has 0 aromatic heterocycles. The van der Waals surface area contributed by atoms with Crippen LogP contribution in [0.5, 0.6) is 0 Å². The van der Waals surface area contributed by atoms with Crippen LogP contribution in [0.4, 0.5) is 5.69 Å². The first-order valence-corrected chi connectivity index (χ1v) is 6.66. The average molecular weight is 242 g/mol. The Hall–Kier alpha value is -1.77. The number of rotatable bonds is 1. The first-order chi connectivity index (χ1) is 8.86. The molecule has 3 rings (SSSR count). The summed E-state index contributed by atoms with van der Waals surface area (Å²) in [6, 6.07) is 6.01. The van der Waals surface area contributed by atoms with Gasteiger partial charge in [-0.15, -0.1) is 0 Å². The highest BCUT2D eigenvalue weighted by Gasteiger charge is 2.21. The molecule has 0 spiro atoms. The molecule has 2 aliphatic rings. The number of amides is 1. The van der Waals surface area contributed by atoms with E-state index in [1.54, 1.807) is 0 Å². The van der Waals surface area contributed by atoms with Crippen LogP contribution in [0.25, 0.3) is 0 Å². The molecule has 2 aliphatic heterocycles. The molecule has 1 aromatic carbocycles. The van der Waals surface area contributed by atoms with E-state index in [0.717, 1.165) is 50.1 Å². The monoisotopic (exact) mass is 242 g/mol. The van der Waals surface area contributed by atoms with Gasteiger partial charge in [0.25, 0.3) is 5.91 Å². The maximum atomic E-state index is 12.5. The van der Waals surface area contributed by atoms with Gasteiger partial charge in [0.2, 0.25) is 0 Å². The Morgan fingerprint density at radius 2 is 2.22 bits per heavy atom. The van der Waals surface area contributed by atoms with Gasteiger partial charge in [-0.2, -0.15) is 0 Å². The van der Waals surface area contributed by atoms with Crippen LogP contribution in [0, 0.1) is 0 Å². The Morgan fingerprint density at radius 3 is 3.06 bits per heavy atom. The molecule has 3 nitrogen and oxygen atoms in total. The summed E-state index contributed by atoms with van der Waals surface area (Å²) in [4.78, 5) is 14.5. The van der Waals surface area contributed by atoms with Crippen LogP contribution < -0.4 is 5.32 Å². The summed E-state index contributed by atoms with van der Waals surface area (Å²) in [6.07, 6.45) is 7.31. The molecule has 2 heterocycles. The summed E-state index contributed by atoms with van der Waals surface area (Å²) in [6.45, 7) is 2.60. The zero-order chi connectivity index (χ0) is 12.4. The van der Waals surface area contributed by atoms with Crippen molar-refractivity contribution in [1.82, 2.24) is 4.90 Å². The van der Waals surface area contributed by atoms with Gasteiger partial charge in [0, 0.05) is 30.9 Å². The van der Waals surface area contributed by atoms with Crippen molar-refractivity contribution in [2.75, 3.05) is 25.0 Å². The molecule has 0 unspecified atom stereocenters. The Bertz CT molecular complexity index is 493. The molecule has 1 amide bonds. The Labute approximate surface area is 107 Å². The number of fused-ring (bicyclic) bond motifs is 1. The fourth-order valence-electron chi connectivity index (χ4n) is 2.71. The highest BCUT2D eigenvalue weighted by molar-refractivity contribution is 5.97. The zero-order valence-electron chi connectivity index (χ0n) is 10.5. The highest BCUT2D eigenvalue weighted by atomic mass is 16.2. The minimum Gasteiger partial charge on any atom is -0.385 e. The third-order valence-electron chi connectivity index (χ3n) is 3.67. The number of benzene rings is 1. The first-order valence-electron chi connectivity index (χ1n) is 6.66.